The number of esters is 1. The summed E-state index contributed by atoms with van der Waals surface area (Å²) in [4.78, 5) is 78.9. The maximum atomic E-state index is 14.8. The van der Waals surface area contributed by atoms with Gasteiger partial charge in [-0.15, -0.1) is 0 Å². The minimum atomic E-state index is -4.60. The molecule has 8 rings (SSSR count). The van der Waals surface area contributed by atoms with Crippen LogP contribution in [0.3, 0.4) is 0 Å². The lowest BCUT2D eigenvalue weighted by atomic mass is 9.84. The highest BCUT2D eigenvalue weighted by Gasteiger charge is 2.51. The van der Waals surface area contributed by atoms with Gasteiger partial charge in [0.2, 0.25) is 11.8 Å². The fraction of sp³-hybridized carbons (Fsp3) is 0.509. The molecule has 3 saturated heterocycles. The molecule has 23 heteroatoms. The molecule has 0 aliphatic carbocycles. The smallest absolute Gasteiger partial charge is 0.406 e. The van der Waals surface area contributed by atoms with Crippen molar-refractivity contribution in [2.45, 2.75) is 103 Å². The monoisotopic (exact) mass is 1130 g/mol. The second kappa shape index (κ2) is 25.7. The number of rotatable bonds is 9. The molecule has 2 aromatic heterocycles. The maximum absolute atomic E-state index is 14.8. The summed E-state index contributed by atoms with van der Waals surface area (Å²) in [6, 6.07) is 12.7. The van der Waals surface area contributed by atoms with E-state index in [1.54, 1.807) is 54.2 Å². The van der Waals surface area contributed by atoms with Gasteiger partial charge in [0, 0.05) is 61.7 Å². The summed E-state index contributed by atoms with van der Waals surface area (Å²) < 4.78 is 63.2. The van der Waals surface area contributed by atoms with E-state index in [1.807, 2.05) is 58.0 Å². The zero-order chi connectivity index (χ0) is 51.9. The first kappa shape index (κ1) is 63.6. The number of hydrogen-bond acceptors (Lipinski definition) is 10. The van der Waals surface area contributed by atoms with E-state index >= 15 is 0 Å². The van der Waals surface area contributed by atoms with E-state index in [4.69, 9.17) is 14.2 Å². The van der Waals surface area contributed by atoms with Crippen molar-refractivity contribution in [2.24, 2.45) is 11.3 Å². The molecule has 5 amide bonds. The number of ether oxygens (including phenoxy) is 3. The zero-order valence-electron chi connectivity index (χ0n) is 44.0. The number of alkyl halides is 3. The number of hydrogen-bond donors (Lipinski definition) is 2. The van der Waals surface area contributed by atoms with Crippen molar-refractivity contribution in [1.82, 2.24) is 40.0 Å². The first-order valence-electron chi connectivity index (χ1n) is 24.5. The van der Waals surface area contributed by atoms with Gasteiger partial charge in [-0.3, -0.25) is 29.2 Å². The molecular weight excluding hydrogens is 1060 g/mol. The van der Waals surface area contributed by atoms with Crippen LogP contribution in [0.2, 0.25) is 0 Å². The average Bonchev–Trinajstić information content (AvgIpc) is 3.62. The van der Waals surface area contributed by atoms with E-state index in [0.29, 0.717) is 77.1 Å². The number of amides is 5. The molecule has 4 aliphatic heterocycles. The lowest BCUT2D eigenvalue weighted by Gasteiger charge is -2.54. The zero-order valence-corrected chi connectivity index (χ0v) is 48.0. The number of benzene rings is 2. The van der Waals surface area contributed by atoms with Crippen LogP contribution in [0.1, 0.15) is 70.4 Å². The summed E-state index contributed by atoms with van der Waals surface area (Å²) in [5.41, 5.74) is 5.88. The van der Waals surface area contributed by atoms with Crippen LogP contribution in [-0.4, -0.2) is 149 Å². The Labute approximate surface area is 470 Å². The van der Waals surface area contributed by atoms with Gasteiger partial charge in [0.05, 0.1) is 50.3 Å². The number of pyridine rings is 1. The van der Waals surface area contributed by atoms with E-state index in [-0.39, 0.29) is 99.0 Å². The summed E-state index contributed by atoms with van der Waals surface area (Å²) in [6.45, 7) is 13.1. The number of hydrazine groups is 1. The van der Waals surface area contributed by atoms with Gasteiger partial charge in [0.25, 0.3) is 5.91 Å². The number of nitrogens with zero attached hydrogens (tertiary/aromatic N) is 6. The third kappa shape index (κ3) is 13.7. The highest BCUT2D eigenvalue weighted by Crippen LogP contribution is 2.43. The van der Waals surface area contributed by atoms with Crippen LogP contribution in [0.25, 0.3) is 33.3 Å². The Kier molecular flexibility index (Phi) is 21.5. The molecule has 4 aromatic rings. The van der Waals surface area contributed by atoms with E-state index < -0.39 is 77.7 Å². The number of halogens is 3. The summed E-state index contributed by atoms with van der Waals surface area (Å²) in [5.74, 6) is -2.27. The molecule has 1 spiro atoms. The first-order chi connectivity index (χ1) is 34.1. The number of urea groups is 1. The van der Waals surface area contributed by atoms with Crippen molar-refractivity contribution in [2.75, 3.05) is 60.1 Å². The lowest BCUT2D eigenvalue weighted by molar-refractivity contribution is -0.178. The Morgan fingerprint density at radius 3 is 2.36 bits per heavy atom. The van der Waals surface area contributed by atoms with Crippen molar-refractivity contribution in [3.8, 4) is 22.4 Å². The van der Waals surface area contributed by atoms with Gasteiger partial charge in [-0.2, -0.15) is 67.2 Å². The Morgan fingerprint density at radius 1 is 0.987 bits per heavy atom. The lowest BCUT2D eigenvalue weighted by Crippen LogP contribution is -2.73. The van der Waals surface area contributed by atoms with Crippen LogP contribution in [0, 0.1) is 11.3 Å². The number of fused-ring (bicyclic) bond motifs is 6. The van der Waals surface area contributed by atoms with Gasteiger partial charge >= 0.3 is 18.2 Å². The minimum absolute atomic E-state index is 0. The molecule has 76 heavy (non-hydrogen) atoms. The third-order valence-corrected chi connectivity index (χ3v) is 14.2. The Balaban J connectivity index is 0.00000312. The number of aromatic nitrogens is 2. The molecule has 3 fully saturated rings. The molecule has 4 atom stereocenters. The number of cyclic esters (lactones) is 1. The predicted octanol–water partition coefficient (Wildman–Crippen LogP) is 6.92. The molecule has 6 heterocycles. The van der Waals surface area contributed by atoms with Gasteiger partial charge in [0.1, 0.15) is 30.3 Å². The van der Waals surface area contributed by atoms with E-state index in [2.05, 4.69) is 22.3 Å². The van der Waals surface area contributed by atoms with E-state index in [0.717, 1.165) is 5.56 Å². The van der Waals surface area contributed by atoms with Crippen LogP contribution < -0.4 is 10.7 Å². The fourth-order valence-corrected chi connectivity index (χ4v) is 10.7. The van der Waals surface area contributed by atoms with Crippen molar-refractivity contribution in [3.05, 3.63) is 90.3 Å². The molecule has 6 bridgehead atoms. The quantitative estimate of drug-likeness (QED) is 0.133. The molecule has 16 nitrogen and oxygen atoms in total. The van der Waals surface area contributed by atoms with Gasteiger partial charge in [-0.1, -0.05) is 64.6 Å². The van der Waals surface area contributed by atoms with Gasteiger partial charge < -0.3 is 38.8 Å². The number of likely N-dealkylation sites (tertiary alicyclic amines) is 1. The largest absolute Gasteiger partial charge is 0.464 e. The van der Waals surface area contributed by atoms with Gasteiger partial charge in [-0.25, -0.2) is 10.2 Å². The predicted molar refractivity (Wildman–Crippen MR) is 304 cm³/mol. The molecule has 0 unspecified atom stereocenters. The molecule has 2 aromatic carbocycles. The Bertz CT molecular complexity index is 2760. The number of morpholine rings is 1. The minimum Gasteiger partial charge on any atom is -0.464 e. The second-order valence-electron chi connectivity index (χ2n) is 20.7. The number of nitrogens with one attached hydrogen (secondary N) is 2. The molecule has 0 saturated carbocycles. The number of methoxy groups -OCH3 is 1. The van der Waals surface area contributed by atoms with Crippen molar-refractivity contribution >= 4 is 94.6 Å². The normalized spacial score (nSPS) is 20.0. The molecule has 2 N–H and O–H groups in total. The van der Waals surface area contributed by atoms with E-state index in [1.165, 1.54) is 27.7 Å². The third-order valence-electron chi connectivity index (χ3n) is 14.2. The summed E-state index contributed by atoms with van der Waals surface area (Å²) in [5, 5.41) is 4.92. The first-order valence-corrected chi connectivity index (χ1v) is 24.5. The number of carbonyl (C=O) groups excluding carboxylic acids is 5. The SMILES string of the molecule is C=CC(=O)N1CCOC2(C1)CN(C(=O)N(C)[C@H](C(=O)N[C@H]1Cc3cccc(c3)-c3ccc4c(c3)c(c(-c3cccnc3[C@H](C)OC)n4CC(F)(F)F)CC(C)(C)COC(=O)[C@@H]3CCCN(N3)C1=O)C(C)C)C2.S.S.S.S. The average molecular weight is 1140 g/mol. The number of carbonyl (C=O) groups is 5. The van der Waals surface area contributed by atoms with Crippen molar-refractivity contribution in [1.29, 1.82) is 0 Å². The van der Waals surface area contributed by atoms with Crippen LogP contribution in [0.4, 0.5) is 18.0 Å². The van der Waals surface area contributed by atoms with Crippen LogP contribution in [0.5, 0.6) is 0 Å². The molecule has 4 aliphatic rings. The molecule has 418 valence electrons. The van der Waals surface area contributed by atoms with Crippen LogP contribution >= 0.6 is 54.0 Å². The fourth-order valence-electron chi connectivity index (χ4n) is 10.7. The summed E-state index contributed by atoms with van der Waals surface area (Å²) >= 11 is 0. The Morgan fingerprint density at radius 2 is 1.68 bits per heavy atom. The highest BCUT2D eigenvalue weighted by atomic mass is 32.1. The van der Waals surface area contributed by atoms with Crippen molar-refractivity contribution in [3.63, 3.8) is 0 Å². The van der Waals surface area contributed by atoms with Gasteiger partial charge in [0.15, 0.2) is 0 Å². The van der Waals surface area contributed by atoms with Crippen molar-refractivity contribution < 1.29 is 51.4 Å². The topological polar surface area (TPSA) is 168 Å². The number of likely N-dealkylation sites (N-methyl/N-ethyl adjacent to an activating group) is 1. The Hall–Kier alpha value is -4.91. The van der Waals surface area contributed by atoms with E-state index in [9.17, 15) is 37.1 Å². The van der Waals surface area contributed by atoms with Crippen LogP contribution in [0.15, 0.2) is 73.4 Å². The van der Waals surface area contributed by atoms with Crippen LogP contribution in [-0.2, 0) is 52.8 Å². The molecular formula is C53H73F3N8O8S4. The standard InChI is InChI=1S/C53H65F3N8O8.4H2S/c1-9-43(65)61-21-22-72-52(27-61)28-62(29-52)50(69)60(7)45(32(2)3)47(66)58-41-24-34-13-10-14-35(23-34)36-17-18-42-38(25-36)39(26-51(5,6)31-71-49(68)40-16-12-20-64(59-40)48(41)67)46(63(42)30-53(54,55)56)37-15-11-19-57-44(37)33(4)70-8;;;;/h9-11,13-15,17-19,23,25,32-33,40-41,45,59H,1,12,16,20-22,24,26-31H2,2-8H3,(H,58,66);4*1H2/t33-,40-,41-,45-;;;;/m0..../s1. The van der Waals surface area contributed by atoms with Gasteiger partial charge in [-0.05, 0) is 84.7 Å². The second-order valence-corrected chi connectivity index (χ2v) is 20.7. The maximum Gasteiger partial charge on any atom is 0.406 e. The summed E-state index contributed by atoms with van der Waals surface area (Å²) in [6.07, 6.45) is -1.29. The summed E-state index contributed by atoms with van der Waals surface area (Å²) in [7, 11) is 3.06. The molecule has 0 radical (unpaired) electrons. The highest BCUT2D eigenvalue weighted by molar-refractivity contribution is 7.59.